The predicted molar refractivity (Wildman–Crippen MR) is 92.1 cm³/mol. The number of hydrogen-bond donors (Lipinski definition) is 1. The van der Waals surface area contributed by atoms with E-state index in [0.29, 0.717) is 6.54 Å². The van der Waals surface area contributed by atoms with Crippen LogP contribution in [0.25, 0.3) is 11.1 Å². The highest BCUT2D eigenvalue weighted by Crippen LogP contribution is 2.28. The van der Waals surface area contributed by atoms with Gasteiger partial charge in [0.05, 0.1) is 4.88 Å². The van der Waals surface area contributed by atoms with E-state index >= 15 is 0 Å². The summed E-state index contributed by atoms with van der Waals surface area (Å²) in [7, 11) is 0. The third-order valence-corrected chi connectivity index (χ3v) is 4.44. The Bertz CT molecular complexity index is 760. The van der Waals surface area contributed by atoms with E-state index in [0.717, 1.165) is 21.6 Å². The van der Waals surface area contributed by atoms with E-state index in [9.17, 15) is 4.79 Å². The molecule has 1 amide bonds. The summed E-state index contributed by atoms with van der Waals surface area (Å²) in [6.07, 6.45) is 0. The van der Waals surface area contributed by atoms with Gasteiger partial charge in [0, 0.05) is 12.1 Å². The van der Waals surface area contributed by atoms with E-state index in [-0.39, 0.29) is 5.91 Å². The Morgan fingerprint density at radius 3 is 2.45 bits per heavy atom. The van der Waals surface area contributed by atoms with Crippen LogP contribution in [0.3, 0.4) is 0 Å². The van der Waals surface area contributed by atoms with Crippen LogP contribution >= 0.6 is 11.3 Å². The maximum absolute atomic E-state index is 12.4. The summed E-state index contributed by atoms with van der Waals surface area (Å²) < 4.78 is 0. The first kappa shape index (κ1) is 14.5. The molecule has 0 fully saturated rings. The number of hydrogen-bond acceptors (Lipinski definition) is 2. The molecule has 2 aromatic carbocycles. The van der Waals surface area contributed by atoms with Crippen LogP contribution in [0.4, 0.5) is 0 Å². The van der Waals surface area contributed by atoms with Gasteiger partial charge in [-0.3, -0.25) is 4.79 Å². The largest absolute Gasteiger partial charge is 0.347 e. The van der Waals surface area contributed by atoms with Gasteiger partial charge in [0.1, 0.15) is 0 Å². The maximum atomic E-state index is 12.4. The molecule has 0 aliphatic rings. The van der Waals surface area contributed by atoms with Crippen LogP contribution < -0.4 is 5.32 Å². The molecule has 22 heavy (non-hydrogen) atoms. The number of benzene rings is 2. The molecule has 0 atom stereocenters. The molecule has 0 saturated heterocycles. The van der Waals surface area contributed by atoms with Gasteiger partial charge in [-0.25, -0.2) is 0 Å². The Hall–Kier alpha value is -2.39. The second kappa shape index (κ2) is 6.58. The maximum Gasteiger partial charge on any atom is 0.262 e. The Labute approximate surface area is 134 Å². The number of aryl methyl sites for hydroxylation is 1. The average Bonchev–Trinajstić information content (AvgIpc) is 3.04. The lowest BCUT2D eigenvalue weighted by Crippen LogP contribution is -2.22. The van der Waals surface area contributed by atoms with Gasteiger partial charge in [0.15, 0.2) is 0 Å². The van der Waals surface area contributed by atoms with Crippen molar-refractivity contribution in [2.75, 3.05) is 0 Å². The molecule has 0 aliphatic heterocycles. The predicted octanol–water partition coefficient (Wildman–Crippen LogP) is 4.65. The first-order chi connectivity index (χ1) is 10.7. The molecule has 3 rings (SSSR count). The minimum absolute atomic E-state index is 0.0190. The fourth-order valence-corrected chi connectivity index (χ4v) is 3.14. The highest BCUT2D eigenvalue weighted by Gasteiger charge is 2.14. The molecule has 0 bridgehead atoms. The molecule has 1 aromatic heterocycles. The van der Waals surface area contributed by atoms with E-state index in [2.05, 4.69) is 36.5 Å². The van der Waals surface area contributed by atoms with Crippen molar-refractivity contribution in [3.05, 3.63) is 82.0 Å². The number of amides is 1. The molecule has 0 spiro atoms. The van der Waals surface area contributed by atoms with Crippen molar-refractivity contribution in [2.45, 2.75) is 13.5 Å². The smallest absolute Gasteiger partial charge is 0.262 e. The highest BCUT2D eigenvalue weighted by atomic mass is 32.1. The van der Waals surface area contributed by atoms with Crippen molar-refractivity contribution < 1.29 is 4.79 Å². The molecule has 0 aliphatic carbocycles. The van der Waals surface area contributed by atoms with E-state index < -0.39 is 0 Å². The van der Waals surface area contributed by atoms with Gasteiger partial charge in [-0.05, 0) is 29.5 Å². The SMILES string of the molecule is Cc1ccc(-c2ccsc2C(=O)NCc2ccccc2)cc1. The standard InChI is InChI=1S/C19H17NOS/c1-14-7-9-16(10-8-14)17-11-12-22-18(17)19(21)20-13-15-5-3-2-4-6-15/h2-12H,13H2,1H3,(H,20,21). The Morgan fingerprint density at radius 2 is 1.73 bits per heavy atom. The summed E-state index contributed by atoms with van der Waals surface area (Å²) >= 11 is 1.48. The Kier molecular flexibility index (Phi) is 4.35. The Morgan fingerprint density at radius 1 is 1.00 bits per heavy atom. The number of nitrogens with one attached hydrogen (secondary N) is 1. The minimum Gasteiger partial charge on any atom is -0.347 e. The van der Waals surface area contributed by atoms with Gasteiger partial charge in [-0.1, -0.05) is 60.2 Å². The molecule has 3 heteroatoms. The second-order valence-electron chi connectivity index (χ2n) is 5.20. The number of carbonyl (C=O) groups excluding carboxylic acids is 1. The third kappa shape index (κ3) is 3.26. The summed E-state index contributed by atoms with van der Waals surface area (Å²) in [5, 5.41) is 4.96. The van der Waals surface area contributed by atoms with Crippen LogP contribution in [0.5, 0.6) is 0 Å². The summed E-state index contributed by atoms with van der Waals surface area (Å²) in [5.41, 5.74) is 4.39. The van der Waals surface area contributed by atoms with E-state index in [1.54, 1.807) is 0 Å². The first-order valence-corrected chi connectivity index (χ1v) is 8.08. The monoisotopic (exact) mass is 307 g/mol. The van der Waals surface area contributed by atoms with Crippen LogP contribution in [-0.4, -0.2) is 5.91 Å². The van der Waals surface area contributed by atoms with Crippen LogP contribution in [0.15, 0.2) is 66.0 Å². The van der Waals surface area contributed by atoms with Gasteiger partial charge in [-0.15, -0.1) is 11.3 Å². The zero-order valence-electron chi connectivity index (χ0n) is 12.4. The fraction of sp³-hybridized carbons (Fsp3) is 0.105. The number of carbonyl (C=O) groups is 1. The molecule has 0 radical (unpaired) electrons. The zero-order chi connectivity index (χ0) is 15.4. The van der Waals surface area contributed by atoms with E-state index in [1.807, 2.05) is 41.8 Å². The van der Waals surface area contributed by atoms with Gasteiger partial charge in [0.2, 0.25) is 0 Å². The highest BCUT2D eigenvalue weighted by molar-refractivity contribution is 7.12. The van der Waals surface area contributed by atoms with E-state index in [1.165, 1.54) is 16.9 Å². The molecule has 110 valence electrons. The quantitative estimate of drug-likeness (QED) is 0.746. The van der Waals surface area contributed by atoms with Crippen LogP contribution in [0.2, 0.25) is 0 Å². The Balaban J connectivity index is 1.76. The average molecular weight is 307 g/mol. The molecule has 0 saturated carbocycles. The van der Waals surface area contributed by atoms with Crippen molar-refractivity contribution in [3.63, 3.8) is 0 Å². The summed E-state index contributed by atoms with van der Waals surface area (Å²) in [6.45, 7) is 2.61. The van der Waals surface area contributed by atoms with E-state index in [4.69, 9.17) is 0 Å². The molecular weight excluding hydrogens is 290 g/mol. The lowest BCUT2D eigenvalue weighted by atomic mass is 10.0. The molecular formula is C19H17NOS. The van der Waals surface area contributed by atoms with Crippen molar-refractivity contribution in [3.8, 4) is 11.1 Å². The molecule has 0 unspecified atom stereocenters. The first-order valence-electron chi connectivity index (χ1n) is 7.21. The summed E-state index contributed by atoms with van der Waals surface area (Å²) in [6, 6.07) is 20.2. The van der Waals surface area contributed by atoms with Gasteiger partial charge >= 0.3 is 0 Å². The lowest BCUT2D eigenvalue weighted by molar-refractivity contribution is 0.0955. The second-order valence-corrected chi connectivity index (χ2v) is 6.11. The number of thiophene rings is 1. The minimum atomic E-state index is -0.0190. The summed E-state index contributed by atoms with van der Waals surface area (Å²) in [4.78, 5) is 13.2. The molecule has 3 aromatic rings. The zero-order valence-corrected chi connectivity index (χ0v) is 13.2. The fourth-order valence-electron chi connectivity index (χ4n) is 2.30. The topological polar surface area (TPSA) is 29.1 Å². The van der Waals surface area contributed by atoms with Crippen molar-refractivity contribution in [1.82, 2.24) is 5.32 Å². The van der Waals surface area contributed by atoms with Gasteiger partial charge in [0.25, 0.3) is 5.91 Å². The third-order valence-electron chi connectivity index (χ3n) is 3.53. The van der Waals surface area contributed by atoms with Crippen LogP contribution in [-0.2, 0) is 6.54 Å². The van der Waals surface area contributed by atoms with Crippen LogP contribution in [0.1, 0.15) is 20.8 Å². The van der Waals surface area contributed by atoms with Crippen molar-refractivity contribution >= 4 is 17.2 Å². The molecule has 1 heterocycles. The van der Waals surface area contributed by atoms with Gasteiger partial charge < -0.3 is 5.32 Å². The molecule has 2 nitrogen and oxygen atoms in total. The van der Waals surface area contributed by atoms with Crippen molar-refractivity contribution in [1.29, 1.82) is 0 Å². The number of rotatable bonds is 4. The normalized spacial score (nSPS) is 10.4. The molecule has 1 N–H and O–H groups in total. The van der Waals surface area contributed by atoms with Crippen LogP contribution in [0, 0.1) is 6.92 Å². The lowest BCUT2D eigenvalue weighted by Gasteiger charge is -2.07. The van der Waals surface area contributed by atoms with Crippen molar-refractivity contribution in [2.24, 2.45) is 0 Å². The summed E-state index contributed by atoms with van der Waals surface area (Å²) in [5.74, 6) is -0.0190. The van der Waals surface area contributed by atoms with Gasteiger partial charge in [-0.2, -0.15) is 0 Å².